The van der Waals surface area contributed by atoms with Crippen molar-refractivity contribution >= 4 is 5.69 Å². The monoisotopic (exact) mass is 315 g/mol. The summed E-state index contributed by atoms with van der Waals surface area (Å²) >= 11 is 0. The lowest BCUT2D eigenvalue weighted by Crippen LogP contribution is -2.10. The quantitative estimate of drug-likeness (QED) is 0.459. The summed E-state index contributed by atoms with van der Waals surface area (Å²) in [5.74, 6) is 1.26. The van der Waals surface area contributed by atoms with Crippen molar-refractivity contribution in [3.63, 3.8) is 0 Å². The second kappa shape index (κ2) is 7.95. The number of ether oxygens (including phenoxy) is 2. The van der Waals surface area contributed by atoms with Crippen LogP contribution in [0.4, 0.5) is 5.69 Å². The maximum atomic E-state index is 10.7. The van der Waals surface area contributed by atoms with E-state index in [0.29, 0.717) is 23.7 Å². The Balaban J connectivity index is 1.93. The van der Waals surface area contributed by atoms with Gasteiger partial charge in [-0.2, -0.15) is 0 Å². The van der Waals surface area contributed by atoms with E-state index in [-0.39, 0.29) is 12.3 Å². The van der Waals surface area contributed by atoms with Crippen LogP contribution in [0.2, 0.25) is 0 Å². The SMILES string of the molecule is C=CCOc1ccc(OCC(O)c2cccc([N+](=O)[O-])c2)cc1. The molecule has 2 rings (SSSR count). The summed E-state index contributed by atoms with van der Waals surface area (Å²) in [6, 6.07) is 12.8. The second-order valence-electron chi connectivity index (χ2n) is 4.75. The lowest BCUT2D eigenvalue weighted by molar-refractivity contribution is -0.385. The molecule has 2 aromatic carbocycles. The number of non-ortho nitro benzene ring substituents is 1. The average molecular weight is 315 g/mol. The fourth-order valence-corrected chi connectivity index (χ4v) is 1.90. The summed E-state index contributed by atoms with van der Waals surface area (Å²) in [7, 11) is 0. The summed E-state index contributed by atoms with van der Waals surface area (Å²) in [4.78, 5) is 10.2. The van der Waals surface area contributed by atoms with Gasteiger partial charge < -0.3 is 14.6 Å². The first-order valence-corrected chi connectivity index (χ1v) is 6.99. The van der Waals surface area contributed by atoms with Crippen molar-refractivity contribution in [1.29, 1.82) is 0 Å². The maximum Gasteiger partial charge on any atom is 0.269 e. The van der Waals surface area contributed by atoms with Crippen LogP contribution in [0.1, 0.15) is 11.7 Å². The third kappa shape index (κ3) is 4.82. The number of rotatable bonds is 8. The van der Waals surface area contributed by atoms with Gasteiger partial charge in [0.25, 0.3) is 5.69 Å². The predicted octanol–water partition coefficient (Wildman–Crippen LogP) is 3.27. The number of nitro groups is 1. The lowest BCUT2D eigenvalue weighted by atomic mass is 10.1. The molecule has 0 aliphatic heterocycles. The molecule has 0 amide bonds. The summed E-state index contributed by atoms with van der Waals surface area (Å²) in [6.45, 7) is 3.98. The van der Waals surface area contributed by atoms with Gasteiger partial charge in [0.05, 0.1) is 4.92 Å². The van der Waals surface area contributed by atoms with Gasteiger partial charge in [-0.1, -0.05) is 24.8 Å². The lowest BCUT2D eigenvalue weighted by Gasteiger charge is -2.13. The van der Waals surface area contributed by atoms with Crippen LogP contribution >= 0.6 is 0 Å². The van der Waals surface area contributed by atoms with Gasteiger partial charge >= 0.3 is 0 Å². The number of hydrogen-bond acceptors (Lipinski definition) is 5. The van der Waals surface area contributed by atoms with Crippen molar-refractivity contribution in [1.82, 2.24) is 0 Å². The smallest absolute Gasteiger partial charge is 0.269 e. The fourth-order valence-electron chi connectivity index (χ4n) is 1.90. The molecule has 0 fully saturated rings. The van der Waals surface area contributed by atoms with Gasteiger partial charge in [-0.05, 0) is 29.8 Å². The predicted molar refractivity (Wildman–Crippen MR) is 85.7 cm³/mol. The van der Waals surface area contributed by atoms with E-state index in [9.17, 15) is 15.2 Å². The molecule has 0 radical (unpaired) electrons. The van der Waals surface area contributed by atoms with E-state index in [1.807, 2.05) is 0 Å². The second-order valence-corrected chi connectivity index (χ2v) is 4.75. The maximum absolute atomic E-state index is 10.7. The van der Waals surface area contributed by atoms with Crippen molar-refractivity contribution in [3.05, 3.63) is 76.9 Å². The zero-order valence-corrected chi connectivity index (χ0v) is 12.4. The van der Waals surface area contributed by atoms with Crippen LogP contribution in [0, 0.1) is 10.1 Å². The van der Waals surface area contributed by atoms with Gasteiger partial charge in [0.15, 0.2) is 0 Å². The Hall–Kier alpha value is -2.86. The molecule has 2 aromatic rings. The Kier molecular flexibility index (Phi) is 5.71. The van der Waals surface area contributed by atoms with Crippen molar-refractivity contribution in [3.8, 4) is 11.5 Å². The van der Waals surface area contributed by atoms with Crippen LogP contribution in [0.25, 0.3) is 0 Å². The molecule has 23 heavy (non-hydrogen) atoms. The molecule has 0 aliphatic carbocycles. The molecule has 6 nitrogen and oxygen atoms in total. The molecule has 0 aliphatic rings. The van der Waals surface area contributed by atoms with Crippen molar-refractivity contribution in [2.45, 2.75) is 6.10 Å². The van der Waals surface area contributed by atoms with E-state index in [1.54, 1.807) is 36.4 Å². The number of hydrogen-bond donors (Lipinski definition) is 1. The van der Waals surface area contributed by atoms with Crippen LogP contribution in [0.5, 0.6) is 11.5 Å². The molecule has 1 atom stereocenters. The van der Waals surface area contributed by atoms with E-state index >= 15 is 0 Å². The highest BCUT2D eigenvalue weighted by atomic mass is 16.6. The summed E-state index contributed by atoms with van der Waals surface area (Å²) in [6.07, 6.45) is 0.700. The zero-order chi connectivity index (χ0) is 16.7. The highest BCUT2D eigenvalue weighted by Gasteiger charge is 2.13. The van der Waals surface area contributed by atoms with E-state index in [4.69, 9.17) is 9.47 Å². The minimum absolute atomic E-state index is 0.00592. The molecule has 120 valence electrons. The van der Waals surface area contributed by atoms with Gasteiger partial charge in [-0.25, -0.2) is 0 Å². The third-order valence-corrected chi connectivity index (χ3v) is 3.07. The molecule has 0 aromatic heterocycles. The molecule has 0 heterocycles. The normalized spacial score (nSPS) is 11.5. The molecular weight excluding hydrogens is 298 g/mol. The highest BCUT2D eigenvalue weighted by Crippen LogP contribution is 2.22. The summed E-state index contributed by atoms with van der Waals surface area (Å²) < 4.78 is 10.8. The van der Waals surface area contributed by atoms with E-state index in [1.165, 1.54) is 18.2 Å². The van der Waals surface area contributed by atoms with Crippen molar-refractivity contribution in [2.75, 3.05) is 13.2 Å². The van der Waals surface area contributed by atoms with E-state index < -0.39 is 11.0 Å². The van der Waals surface area contributed by atoms with E-state index in [0.717, 1.165) is 0 Å². The van der Waals surface area contributed by atoms with Gasteiger partial charge in [0.1, 0.15) is 30.8 Å². The van der Waals surface area contributed by atoms with Gasteiger partial charge in [0, 0.05) is 12.1 Å². The van der Waals surface area contributed by atoms with E-state index in [2.05, 4.69) is 6.58 Å². The van der Waals surface area contributed by atoms with Crippen LogP contribution < -0.4 is 9.47 Å². The minimum atomic E-state index is -0.952. The summed E-state index contributed by atoms with van der Waals surface area (Å²) in [5.41, 5.74) is 0.371. The first-order valence-electron chi connectivity index (χ1n) is 6.99. The molecule has 0 spiro atoms. The third-order valence-electron chi connectivity index (χ3n) is 3.07. The minimum Gasteiger partial charge on any atom is -0.491 e. The van der Waals surface area contributed by atoms with Gasteiger partial charge in [0.2, 0.25) is 0 Å². The van der Waals surface area contributed by atoms with Crippen LogP contribution in [0.3, 0.4) is 0 Å². The van der Waals surface area contributed by atoms with Gasteiger partial charge in [-0.3, -0.25) is 10.1 Å². The molecule has 6 heteroatoms. The van der Waals surface area contributed by atoms with Crippen molar-refractivity contribution in [2.24, 2.45) is 0 Å². The standard InChI is InChI=1S/C17H17NO5/c1-2-10-22-15-6-8-16(9-7-15)23-12-17(19)13-4-3-5-14(11-13)18(20)21/h2-9,11,17,19H,1,10,12H2. The van der Waals surface area contributed by atoms with Gasteiger partial charge in [-0.15, -0.1) is 0 Å². The van der Waals surface area contributed by atoms with Crippen LogP contribution in [-0.2, 0) is 0 Å². The zero-order valence-electron chi connectivity index (χ0n) is 12.4. The van der Waals surface area contributed by atoms with Crippen LogP contribution in [-0.4, -0.2) is 23.2 Å². The molecule has 1 N–H and O–H groups in total. The Morgan fingerprint density at radius 1 is 1.17 bits per heavy atom. The van der Waals surface area contributed by atoms with Crippen molar-refractivity contribution < 1.29 is 19.5 Å². The largest absolute Gasteiger partial charge is 0.491 e. The topological polar surface area (TPSA) is 81.8 Å². The Labute approximate surface area is 133 Å². The number of aliphatic hydroxyl groups is 1. The first-order chi connectivity index (χ1) is 11.1. The highest BCUT2D eigenvalue weighted by molar-refractivity contribution is 5.35. The first kappa shape index (κ1) is 16.5. The molecule has 0 saturated heterocycles. The Bertz CT molecular complexity index is 669. The fraction of sp³-hybridized carbons (Fsp3) is 0.176. The number of nitrogens with zero attached hydrogens (tertiary/aromatic N) is 1. The number of aliphatic hydroxyl groups excluding tert-OH is 1. The number of nitro benzene ring substituents is 1. The number of benzene rings is 2. The average Bonchev–Trinajstić information content (AvgIpc) is 2.58. The molecule has 1 unspecified atom stereocenters. The molecular formula is C17H17NO5. The van der Waals surface area contributed by atoms with Crippen LogP contribution in [0.15, 0.2) is 61.2 Å². The molecule has 0 saturated carbocycles. The Morgan fingerprint density at radius 3 is 2.43 bits per heavy atom. The summed E-state index contributed by atoms with van der Waals surface area (Å²) in [5, 5.41) is 20.8. The Morgan fingerprint density at radius 2 is 1.83 bits per heavy atom. The molecule has 0 bridgehead atoms.